The summed E-state index contributed by atoms with van der Waals surface area (Å²) < 4.78 is 0. The molecule has 1 saturated heterocycles. The Morgan fingerprint density at radius 3 is 2.69 bits per heavy atom. The van der Waals surface area contributed by atoms with Crippen LogP contribution in [0.25, 0.3) is 0 Å². The molecule has 0 spiro atoms. The summed E-state index contributed by atoms with van der Waals surface area (Å²) in [5.41, 5.74) is 0. The third-order valence-corrected chi connectivity index (χ3v) is 1.98. The van der Waals surface area contributed by atoms with E-state index in [9.17, 15) is 14.4 Å². The van der Waals surface area contributed by atoms with E-state index in [0.29, 0.717) is 0 Å². The van der Waals surface area contributed by atoms with Crippen molar-refractivity contribution in [3.63, 3.8) is 0 Å². The molecule has 0 aromatic rings. The molecule has 7 heteroatoms. The van der Waals surface area contributed by atoms with E-state index in [1.54, 1.807) is 0 Å². The highest BCUT2D eigenvalue weighted by atomic mass is 16.2. The van der Waals surface area contributed by atoms with Crippen molar-refractivity contribution < 1.29 is 14.4 Å². The predicted octanol–water partition coefficient (Wildman–Crippen LogP) is -0.754. The molecular weight excluding hydrogens is 212 g/mol. The number of hydrogen-bond acceptors (Lipinski definition) is 3. The lowest BCUT2D eigenvalue weighted by Gasteiger charge is -2.14. The van der Waals surface area contributed by atoms with Gasteiger partial charge in [0.15, 0.2) is 0 Å². The molecule has 1 aliphatic heterocycles. The van der Waals surface area contributed by atoms with Crippen LogP contribution in [0.3, 0.4) is 0 Å². The summed E-state index contributed by atoms with van der Waals surface area (Å²) in [7, 11) is 0. The van der Waals surface area contributed by atoms with E-state index in [-0.39, 0.29) is 37.6 Å². The van der Waals surface area contributed by atoms with Crippen LogP contribution in [-0.4, -0.2) is 48.5 Å². The molecule has 0 bridgehead atoms. The van der Waals surface area contributed by atoms with Crippen LogP contribution in [0.1, 0.15) is 13.8 Å². The normalized spacial score (nSPS) is 15.3. The maximum absolute atomic E-state index is 11.2. The van der Waals surface area contributed by atoms with E-state index < -0.39 is 6.03 Å². The molecule has 0 aromatic carbocycles. The number of carbonyl (C=O) groups is 3. The first-order valence-corrected chi connectivity index (χ1v) is 5.13. The molecule has 16 heavy (non-hydrogen) atoms. The topological polar surface area (TPSA) is 90.5 Å². The van der Waals surface area contributed by atoms with E-state index in [1.807, 2.05) is 13.8 Å². The van der Waals surface area contributed by atoms with Crippen molar-refractivity contribution in [3.8, 4) is 0 Å². The van der Waals surface area contributed by atoms with Gasteiger partial charge < -0.3 is 16.0 Å². The van der Waals surface area contributed by atoms with Crippen LogP contribution >= 0.6 is 0 Å². The average molecular weight is 228 g/mol. The van der Waals surface area contributed by atoms with Crippen LogP contribution in [0, 0.1) is 0 Å². The zero-order valence-electron chi connectivity index (χ0n) is 9.37. The van der Waals surface area contributed by atoms with E-state index in [1.165, 1.54) is 0 Å². The number of urea groups is 2. The van der Waals surface area contributed by atoms with Gasteiger partial charge in [-0.1, -0.05) is 0 Å². The molecule has 1 fully saturated rings. The maximum atomic E-state index is 11.2. The molecule has 1 heterocycles. The Hall–Kier alpha value is -1.79. The summed E-state index contributed by atoms with van der Waals surface area (Å²) in [5, 5.41) is 7.59. The molecule has 0 unspecified atom stereocenters. The Balaban J connectivity index is 2.22. The van der Waals surface area contributed by atoms with Crippen molar-refractivity contribution in [1.29, 1.82) is 0 Å². The Bertz CT molecular complexity index is 287. The molecule has 7 nitrogen and oxygen atoms in total. The Morgan fingerprint density at radius 1 is 1.50 bits per heavy atom. The van der Waals surface area contributed by atoms with Gasteiger partial charge in [0.2, 0.25) is 5.91 Å². The largest absolute Gasteiger partial charge is 0.336 e. The maximum Gasteiger partial charge on any atom is 0.324 e. The van der Waals surface area contributed by atoms with Crippen LogP contribution in [0.2, 0.25) is 0 Å². The van der Waals surface area contributed by atoms with Gasteiger partial charge in [0.05, 0.1) is 6.54 Å². The highest BCUT2D eigenvalue weighted by molar-refractivity contribution is 6.01. The lowest BCUT2D eigenvalue weighted by molar-refractivity contribution is -0.124. The Labute approximate surface area is 93.5 Å². The summed E-state index contributed by atoms with van der Waals surface area (Å²) in [6.07, 6.45) is 0. The number of nitrogens with zero attached hydrogens (tertiary/aromatic N) is 1. The highest BCUT2D eigenvalue weighted by Gasteiger charge is 2.27. The minimum Gasteiger partial charge on any atom is -0.336 e. The number of hydrogen-bond donors (Lipinski definition) is 3. The number of imide groups is 1. The van der Waals surface area contributed by atoms with Crippen LogP contribution in [-0.2, 0) is 4.79 Å². The lowest BCUT2D eigenvalue weighted by atomic mass is 10.4. The van der Waals surface area contributed by atoms with Gasteiger partial charge in [-0.15, -0.1) is 0 Å². The fourth-order valence-electron chi connectivity index (χ4n) is 1.28. The fraction of sp³-hybridized carbons (Fsp3) is 0.667. The van der Waals surface area contributed by atoms with Crippen molar-refractivity contribution >= 4 is 18.0 Å². The number of nitrogens with one attached hydrogen (secondary N) is 3. The summed E-state index contributed by atoms with van der Waals surface area (Å²) in [6.45, 7) is 4.17. The number of amides is 5. The summed E-state index contributed by atoms with van der Waals surface area (Å²) >= 11 is 0. The molecule has 1 aliphatic rings. The zero-order valence-corrected chi connectivity index (χ0v) is 9.37. The molecule has 3 N–H and O–H groups in total. The van der Waals surface area contributed by atoms with Crippen LogP contribution in [0.15, 0.2) is 0 Å². The molecule has 90 valence electrons. The molecule has 5 amide bonds. The van der Waals surface area contributed by atoms with Crippen molar-refractivity contribution in [2.24, 2.45) is 0 Å². The first kappa shape index (κ1) is 12.3. The van der Waals surface area contributed by atoms with Crippen molar-refractivity contribution in [3.05, 3.63) is 0 Å². The second-order valence-electron chi connectivity index (χ2n) is 3.76. The SMILES string of the molecule is CC(C)NC(=O)NCCN1C(=O)CNC1=O. The van der Waals surface area contributed by atoms with E-state index in [0.717, 1.165) is 4.90 Å². The van der Waals surface area contributed by atoms with Crippen LogP contribution in [0.4, 0.5) is 9.59 Å². The van der Waals surface area contributed by atoms with Crippen LogP contribution in [0.5, 0.6) is 0 Å². The summed E-state index contributed by atoms with van der Waals surface area (Å²) in [5.74, 6) is -0.268. The van der Waals surface area contributed by atoms with Crippen LogP contribution < -0.4 is 16.0 Å². The molecule has 0 saturated carbocycles. The van der Waals surface area contributed by atoms with Crippen molar-refractivity contribution in [1.82, 2.24) is 20.9 Å². The molecule has 1 rings (SSSR count). The molecular formula is C9H16N4O3. The third-order valence-electron chi connectivity index (χ3n) is 1.98. The van der Waals surface area contributed by atoms with Gasteiger partial charge >= 0.3 is 12.1 Å². The predicted molar refractivity (Wildman–Crippen MR) is 56.8 cm³/mol. The standard InChI is InChI=1S/C9H16N4O3/c1-6(2)12-8(15)10-3-4-13-7(14)5-11-9(13)16/h6H,3-5H2,1-2H3,(H,11,16)(H2,10,12,15). The van der Waals surface area contributed by atoms with Gasteiger partial charge in [0, 0.05) is 19.1 Å². The Kier molecular flexibility index (Phi) is 4.10. The van der Waals surface area contributed by atoms with Gasteiger partial charge in [0.25, 0.3) is 0 Å². The number of rotatable bonds is 4. The second-order valence-corrected chi connectivity index (χ2v) is 3.76. The molecule has 0 radical (unpaired) electrons. The monoisotopic (exact) mass is 228 g/mol. The first-order chi connectivity index (χ1) is 7.50. The van der Waals surface area contributed by atoms with Crippen molar-refractivity contribution in [2.75, 3.05) is 19.6 Å². The quantitative estimate of drug-likeness (QED) is 0.553. The summed E-state index contributed by atoms with van der Waals surface area (Å²) in [6, 6.07) is -0.658. The smallest absolute Gasteiger partial charge is 0.324 e. The molecule has 0 aliphatic carbocycles. The first-order valence-electron chi connectivity index (χ1n) is 5.13. The van der Waals surface area contributed by atoms with E-state index in [2.05, 4.69) is 16.0 Å². The van der Waals surface area contributed by atoms with Gasteiger partial charge in [0.1, 0.15) is 0 Å². The van der Waals surface area contributed by atoms with Gasteiger partial charge in [-0.2, -0.15) is 0 Å². The Morgan fingerprint density at radius 2 is 2.19 bits per heavy atom. The van der Waals surface area contributed by atoms with Gasteiger partial charge in [-0.05, 0) is 13.8 Å². The fourth-order valence-corrected chi connectivity index (χ4v) is 1.28. The summed E-state index contributed by atoms with van der Waals surface area (Å²) in [4.78, 5) is 34.5. The minimum absolute atomic E-state index is 0.0387. The van der Waals surface area contributed by atoms with Gasteiger partial charge in [-0.25, -0.2) is 9.59 Å². The minimum atomic E-state index is -0.406. The molecule has 0 atom stereocenters. The zero-order chi connectivity index (χ0) is 12.1. The van der Waals surface area contributed by atoms with Crippen molar-refractivity contribution in [2.45, 2.75) is 19.9 Å². The average Bonchev–Trinajstić information content (AvgIpc) is 2.47. The third kappa shape index (κ3) is 3.41. The van der Waals surface area contributed by atoms with Gasteiger partial charge in [-0.3, -0.25) is 9.69 Å². The van der Waals surface area contributed by atoms with E-state index in [4.69, 9.17) is 0 Å². The lowest BCUT2D eigenvalue weighted by Crippen LogP contribution is -2.44. The second kappa shape index (κ2) is 5.34. The highest BCUT2D eigenvalue weighted by Crippen LogP contribution is 1.96. The molecule has 0 aromatic heterocycles. The van der Waals surface area contributed by atoms with E-state index >= 15 is 0 Å². The number of carbonyl (C=O) groups excluding carboxylic acids is 3.